The van der Waals surface area contributed by atoms with Crippen LogP contribution < -0.4 is 0 Å². The van der Waals surface area contributed by atoms with E-state index in [0.717, 1.165) is 12.8 Å². The maximum atomic E-state index is 12.2. The van der Waals surface area contributed by atoms with E-state index in [0.29, 0.717) is 31.9 Å². The average molecular weight is 367 g/mol. The van der Waals surface area contributed by atoms with Crippen molar-refractivity contribution in [1.29, 1.82) is 0 Å². The third-order valence-electron chi connectivity index (χ3n) is 3.72. The van der Waals surface area contributed by atoms with E-state index in [1.165, 1.54) is 6.08 Å². The van der Waals surface area contributed by atoms with Crippen LogP contribution in [-0.2, 0) is 19.1 Å². The minimum Gasteiger partial charge on any atom is -0.465 e. The molecule has 2 unspecified atom stereocenters. The number of hydrogen-bond acceptors (Lipinski definition) is 4. The van der Waals surface area contributed by atoms with Crippen molar-refractivity contribution in [2.45, 2.75) is 44.7 Å². The normalized spacial score (nSPS) is 22.0. The Balaban J connectivity index is 2.46. The van der Waals surface area contributed by atoms with E-state index in [-0.39, 0.29) is 18.5 Å². The highest BCUT2D eigenvalue weighted by Crippen LogP contribution is 2.32. The molecule has 1 fully saturated rings. The Morgan fingerprint density at radius 2 is 1.73 bits per heavy atom. The molecule has 126 valence electrons. The first-order chi connectivity index (χ1) is 10.3. The van der Waals surface area contributed by atoms with Gasteiger partial charge in [-0.05, 0) is 31.9 Å². The van der Waals surface area contributed by atoms with Crippen molar-refractivity contribution < 1.29 is 19.1 Å². The molecule has 0 saturated heterocycles. The number of carbonyl (C=O) groups excluding carboxylic acids is 2. The van der Waals surface area contributed by atoms with E-state index in [1.54, 1.807) is 0 Å². The van der Waals surface area contributed by atoms with Gasteiger partial charge in [-0.1, -0.05) is 25.5 Å². The van der Waals surface area contributed by atoms with Crippen molar-refractivity contribution in [2.24, 2.45) is 11.8 Å². The number of carbonyl (C=O) groups is 2. The molecule has 0 heterocycles. The Bertz CT molecular complexity index is 395. The van der Waals surface area contributed by atoms with Gasteiger partial charge in [-0.2, -0.15) is 0 Å². The summed E-state index contributed by atoms with van der Waals surface area (Å²) in [6, 6.07) is 0.679. The molecule has 0 aromatic heterocycles. The summed E-state index contributed by atoms with van der Waals surface area (Å²) in [6.07, 6.45) is 5.38. The Kier molecular flexibility index (Phi) is 8.50. The maximum absolute atomic E-state index is 12.2. The fourth-order valence-electron chi connectivity index (χ4n) is 2.61. The number of rotatable bonds is 8. The van der Waals surface area contributed by atoms with Gasteiger partial charge in [0.05, 0.1) is 18.4 Å². The van der Waals surface area contributed by atoms with Crippen LogP contribution >= 0.6 is 22.2 Å². The molecule has 1 rings (SSSR count). The average Bonchev–Trinajstić information content (AvgIpc) is 2.48. The van der Waals surface area contributed by atoms with Gasteiger partial charge in [0.15, 0.2) is 0 Å². The zero-order valence-electron chi connectivity index (χ0n) is 13.0. The molecule has 1 saturated carbocycles. The van der Waals surface area contributed by atoms with Gasteiger partial charge in [0, 0.05) is 0 Å². The summed E-state index contributed by atoms with van der Waals surface area (Å²) in [4.78, 5) is 24.2. The van der Waals surface area contributed by atoms with Gasteiger partial charge in [-0.25, -0.2) is 0 Å². The van der Waals surface area contributed by atoms with E-state index in [4.69, 9.17) is 31.6 Å². The molecule has 0 aromatic carbocycles. The number of hydrogen-bond donors (Lipinski definition) is 0. The second-order valence-electron chi connectivity index (χ2n) is 5.76. The highest BCUT2D eigenvalue weighted by atomic mass is 35.7. The molecule has 0 amide bonds. The molecular weight excluding hydrogens is 343 g/mol. The van der Waals surface area contributed by atoms with Crippen LogP contribution in [0.5, 0.6) is 0 Å². The molecule has 2 atom stereocenters. The van der Waals surface area contributed by atoms with Gasteiger partial charge in [0.1, 0.15) is 6.61 Å². The number of ether oxygens (including phenoxy) is 2. The highest BCUT2D eigenvalue weighted by molar-refractivity contribution is 7.44. The van der Waals surface area contributed by atoms with Crippen molar-refractivity contribution >= 4 is 40.8 Å². The van der Waals surface area contributed by atoms with Crippen LogP contribution in [0.4, 0.5) is 0 Å². The Labute approximate surface area is 142 Å². The fraction of sp³-hybridized carbons (Fsp3) is 0.733. The predicted molar refractivity (Wildman–Crippen MR) is 90.3 cm³/mol. The first-order valence-electron chi connectivity index (χ1n) is 7.67. The number of halogens is 2. The van der Waals surface area contributed by atoms with Crippen LogP contribution in [0.2, 0.25) is 12.6 Å². The molecule has 0 radical (unpaired) electrons. The van der Waals surface area contributed by atoms with E-state index >= 15 is 0 Å². The van der Waals surface area contributed by atoms with Crippen molar-refractivity contribution in [1.82, 2.24) is 0 Å². The molecule has 0 aliphatic heterocycles. The second-order valence-corrected chi connectivity index (χ2v) is 14.0. The van der Waals surface area contributed by atoms with Crippen LogP contribution in [0.3, 0.4) is 0 Å². The molecule has 1 aliphatic rings. The summed E-state index contributed by atoms with van der Waals surface area (Å²) in [5.41, 5.74) is 0. The molecule has 0 N–H and O–H groups in total. The van der Waals surface area contributed by atoms with E-state index in [2.05, 4.69) is 6.58 Å². The molecule has 22 heavy (non-hydrogen) atoms. The molecule has 0 spiro atoms. The standard InChI is InChI=1S/C15H24Cl2O4Si/c1-3-9-20-14(18)12-7-4-5-8-13(12)15(19)21-10-6-11-22(2,16)17/h3,12-13H,1,4-11H2,2H3. The second kappa shape index (κ2) is 9.58. The largest absolute Gasteiger partial charge is 0.465 e. The minimum absolute atomic E-state index is 0.172. The summed E-state index contributed by atoms with van der Waals surface area (Å²) in [6.45, 7) is 3.68. The van der Waals surface area contributed by atoms with Crippen LogP contribution in [0.25, 0.3) is 0 Å². The van der Waals surface area contributed by atoms with E-state index < -0.39 is 18.5 Å². The van der Waals surface area contributed by atoms with Crippen LogP contribution in [0, 0.1) is 11.8 Å². The lowest BCUT2D eigenvalue weighted by Gasteiger charge is -2.28. The summed E-state index contributed by atoms with van der Waals surface area (Å²) >= 11 is 12.0. The summed E-state index contributed by atoms with van der Waals surface area (Å²) in [5, 5.41) is 0. The summed E-state index contributed by atoms with van der Waals surface area (Å²) in [7, 11) is 0. The SMILES string of the molecule is C=CCOC(=O)C1CCCCC1C(=O)OCCC[Si](C)(Cl)Cl. The molecular formula is C15H24Cl2O4Si. The van der Waals surface area contributed by atoms with Crippen LogP contribution in [0.15, 0.2) is 12.7 Å². The third-order valence-corrected chi connectivity index (χ3v) is 6.08. The first kappa shape index (κ1) is 19.5. The smallest absolute Gasteiger partial charge is 0.310 e. The topological polar surface area (TPSA) is 52.6 Å². The molecule has 1 aliphatic carbocycles. The van der Waals surface area contributed by atoms with Crippen molar-refractivity contribution in [3.8, 4) is 0 Å². The fourth-order valence-corrected chi connectivity index (χ4v) is 4.17. The lowest BCUT2D eigenvalue weighted by atomic mass is 9.79. The van der Waals surface area contributed by atoms with E-state index in [1.807, 2.05) is 6.55 Å². The minimum atomic E-state index is -2.15. The Morgan fingerprint density at radius 1 is 1.18 bits per heavy atom. The van der Waals surface area contributed by atoms with Crippen molar-refractivity contribution in [2.75, 3.05) is 13.2 Å². The molecule has 4 nitrogen and oxygen atoms in total. The summed E-state index contributed by atoms with van der Waals surface area (Å²) in [5.74, 6) is -1.44. The number of esters is 2. The highest BCUT2D eigenvalue weighted by Gasteiger charge is 2.37. The maximum Gasteiger partial charge on any atom is 0.310 e. The van der Waals surface area contributed by atoms with Gasteiger partial charge >= 0.3 is 11.9 Å². The zero-order chi connectivity index (χ0) is 16.6. The molecule has 0 aromatic rings. The van der Waals surface area contributed by atoms with Gasteiger partial charge in [0.2, 0.25) is 6.69 Å². The van der Waals surface area contributed by atoms with Crippen molar-refractivity contribution in [3.05, 3.63) is 12.7 Å². The quantitative estimate of drug-likeness (QED) is 0.214. The Morgan fingerprint density at radius 3 is 2.23 bits per heavy atom. The van der Waals surface area contributed by atoms with Crippen LogP contribution in [-0.4, -0.2) is 31.8 Å². The lowest BCUT2D eigenvalue weighted by molar-refractivity contribution is -0.162. The molecule has 7 heteroatoms. The van der Waals surface area contributed by atoms with Crippen molar-refractivity contribution in [3.63, 3.8) is 0 Å². The van der Waals surface area contributed by atoms with Gasteiger partial charge < -0.3 is 9.47 Å². The van der Waals surface area contributed by atoms with Gasteiger partial charge in [0.25, 0.3) is 0 Å². The van der Waals surface area contributed by atoms with Gasteiger partial charge in [-0.3, -0.25) is 9.59 Å². The lowest BCUT2D eigenvalue weighted by Crippen LogP contribution is -2.35. The third kappa shape index (κ3) is 7.16. The van der Waals surface area contributed by atoms with Crippen LogP contribution in [0.1, 0.15) is 32.1 Å². The van der Waals surface area contributed by atoms with Gasteiger partial charge in [-0.15, -0.1) is 22.2 Å². The summed E-state index contributed by atoms with van der Waals surface area (Å²) < 4.78 is 10.4. The molecule has 0 bridgehead atoms. The van der Waals surface area contributed by atoms with E-state index in [9.17, 15) is 9.59 Å². The predicted octanol–water partition coefficient (Wildman–Crippen LogP) is 4.00. The Hall–Kier alpha value is -0.523. The first-order valence-corrected chi connectivity index (χ1v) is 12.4. The zero-order valence-corrected chi connectivity index (χ0v) is 15.5. The monoisotopic (exact) mass is 366 g/mol.